The predicted octanol–water partition coefficient (Wildman–Crippen LogP) is 1.85. The molecule has 1 aliphatic rings. The van der Waals surface area contributed by atoms with Crippen molar-refractivity contribution in [2.75, 3.05) is 13.2 Å². The fourth-order valence-corrected chi connectivity index (χ4v) is 1.99. The summed E-state index contributed by atoms with van der Waals surface area (Å²) in [5.74, 6) is 0.144. The van der Waals surface area contributed by atoms with Gasteiger partial charge in [0.25, 0.3) is 0 Å². The number of amides is 1. The van der Waals surface area contributed by atoms with Crippen LogP contribution in [-0.2, 0) is 4.79 Å². The highest BCUT2D eigenvalue weighted by Crippen LogP contribution is 2.48. The number of carbonyl (C=O) groups excluding carboxylic acids is 1. The van der Waals surface area contributed by atoms with Crippen LogP contribution in [-0.4, -0.2) is 24.2 Å². The number of carbonyl (C=O) groups is 1. The Morgan fingerprint density at radius 3 is 2.67 bits per heavy atom. The Bertz CT molecular complexity index is 200. The molecule has 0 atom stereocenters. The Morgan fingerprint density at radius 2 is 2.13 bits per heavy atom. The summed E-state index contributed by atoms with van der Waals surface area (Å²) in [5, 5.41) is 11.6. The third-order valence-corrected chi connectivity index (χ3v) is 3.21. The monoisotopic (exact) mass is 213 g/mol. The second-order valence-electron chi connectivity index (χ2n) is 4.71. The summed E-state index contributed by atoms with van der Waals surface area (Å²) in [6.07, 6.45) is 7.08. The molecule has 88 valence electrons. The predicted molar refractivity (Wildman–Crippen MR) is 60.5 cm³/mol. The fraction of sp³-hybridized carbons (Fsp3) is 0.917. The summed E-state index contributed by atoms with van der Waals surface area (Å²) in [6.45, 7) is 3.25. The number of rotatable bonds is 8. The van der Waals surface area contributed by atoms with Crippen molar-refractivity contribution < 1.29 is 9.90 Å². The first-order chi connectivity index (χ1) is 7.22. The van der Waals surface area contributed by atoms with E-state index in [-0.39, 0.29) is 12.5 Å². The van der Waals surface area contributed by atoms with Gasteiger partial charge < -0.3 is 10.4 Å². The van der Waals surface area contributed by atoms with Crippen LogP contribution in [0.5, 0.6) is 0 Å². The molecule has 0 aromatic carbocycles. The smallest absolute Gasteiger partial charge is 0.220 e. The molecule has 3 nitrogen and oxygen atoms in total. The van der Waals surface area contributed by atoms with E-state index in [4.69, 9.17) is 5.11 Å². The number of hydrogen-bond acceptors (Lipinski definition) is 2. The zero-order chi connectivity index (χ0) is 11.1. The largest absolute Gasteiger partial charge is 0.396 e. The van der Waals surface area contributed by atoms with Gasteiger partial charge in [0.05, 0.1) is 0 Å². The number of unbranched alkanes of at least 4 members (excludes halogenated alkanes) is 1. The van der Waals surface area contributed by atoms with Crippen LogP contribution >= 0.6 is 0 Å². The van der Waals surface area contributed by atoms with Gasteiger partial charge in [-0.2, -0.15) is 0 Å². The van der Waals surface area contributed by atoms with Crippen LogP contribution in [0, 0.1) is 5.41 Å². The molecule has 15 heavy (non-hydrogen) atoms. The SMILES string of the molecule is CCCC1(CNC(=O)CCCCO)CC1. The standard InChI is InChI=1S/C12H23NO2/c1-2-6-12(7-8-12)10-13-11(15)5-3-4-9-14/h14H,2-10H2,1H3,(H,13,15). The van der Waals surface area contributed by atoms with E-state index in [9.17, 15) is 4.79 Å². The summed E-state index contributed by atoms with van der Waals surface area (Å²) in [4.78, 5) is 11.4. The Balaban J connectivity index is 2.06. The third kappa shape index (κ3) is 4.65. The summed E-state index contributed by atoms with van der Waals surface area (Å²) in [6, 6.07) is 0. The minimum absolute atomic E-state index is 0.144. The van der Waals surface area contributed by atoms with Gasteiger partial charge in [-0.25, -0.2) is 0 Å². The highest BCUT2D eigenvalue weighted by atomic mass is 16.2. The van der Waals surface area contributed by atoms with Crippen molar-refractivity contribution in [2.45, 2.75) is 51.9 Å². The van der Waals surface area contributed by atoms with E-state index in [0.717, 1.165) is 19.4 Å². The summed E-state index contributed by atoms with van der Waals surface area (Å²) >= 11 is 0. The average Bonchev–Trinajstić information content (AvgIpc) is 2.97. The average molecular weight is 213 g/mol. The van der Waals surface area contributed by atoms with Gasteiger partial charge in [0.15, 0.2) is 0 Å². The quantitative estimate of drug-likeness (QED) is 0.604. The fourth-order valence-electron chi connectivity index (χ4n) is 1.99. The first-order valence-corrected chi connectivity index (χ1v) is 6.10. The molecule has 0 aliphatic heterocycles. The lowest BCUT2D eigenvalue weighted by Gasteiger charge is -2.14. The molecule has 0 bridgehead atoms. The molecule has 1 aliphatic carbocycles. The molecule has 0 aromatic heterocycles. The van der Waals surface area contributed by atoms with E-state index in [0.29, 0.717) is 11.8 Å². The lowest BCUT2D eigenvalue weighted by atomic mass is 10.0. The minimum Gasteiger partial charge on any atom is -0.396 e. The van der Waals surface area contributed by atoms with Gasteiger partial charge in [0.1, 0.15) is 0 Å². The highest BCUT2D eigenvalue weighted by Gasteiger charge is 2.41. The molecular formula is C12H23NO2. The summed E-state index contributed by atoms with van der Waals surface area (Å²) in [7, 11) is 0. The van der Waals surface area contributed by atoms with E-state index >= 15 is 0 Å². The molecule has 2 N–H and O–H groups in total. The van der Waals surface area contributed by atoms with Crippen LogP contribution in [0.4, 0.5) is 0 Å². The topological polar surface area (TPSA) is 49.3 Å². The van der Waals surface area contributed by atoms with Crippen molar-refractivity contribution in [3.8, 4) is 0 Å². The van der Waals surface area contributed by atoms with Gasteiger partial charge in [-0.05, 0) is 37.5 Å². The molecule has 3 heteroatoms. The van der Waals surface area contributed by atoms with Gasteiger partial charge in [-0.1, -0.05) is 13.3 Å². The Hall–Kier alpha value is -0.570. The normalized spacial score (nSPS) is 17.5. The van der Waals surface area contributed by atoms with Gasteiger partial charge in [-0.15, -0.1) is 0 Å². The molecule has 0 aromatic rings. The Labute approximate surface area is 92.3 Å². The minimum atomic E-state index is 0.144. The molecule has 1 fully saturated rings. The van der Waals surface area contributed by atoms with Gasteiger partial charge in [0, 0.05) is 19.6 Å². The van der Waals surface area contributed by atoms with Crippen LogP contribution in [0.15, 0.2) is 0 Å². The van der Waals surface area contributed by atoms with Crippen molar-refractivity contribution in [3.05, 3.63) is 0 Å². The van der Waals surface area contributed by atoms with Crippen molar-refractivity contribution in [3.63, 3.8) is 0 Å². The number of aliphatic hydroxyl groups is 1. The van der Waals surface area contributed by atoms with Crippen LogP contribution in [0.3, 0.4) is 0 Å². The molecule has 0 heterocycles. The number of nitrogens with one attached hydrogen (secondary N) is 1. The summed E-state index contributed by atoms with van der Waals surface area (Å²) in [5.41, 5.74) is 0.446. The van der Waals surface area contributed by atoms with E-state index in [1.165, 1.54) is 25.7 Å². The van der Waals surface area contributed by atoms with Crippen molar-refractivity contribution >= 4 is 5.91 Å². The lowest BCUT2D eigenvalue weighted by Crippen LogP contribution is -2.30. The zero-order valence-corrected chi connectivity index (χ0v) is 9.72. The molecule has 1 rings (SSSR count). The Kier molecular flexibility index (Phi) is 5.09. The van der Waals surface area contributed by atoms with Crippen molar-refractivity contribution in [1.29, 1.82) is 0 Å². The molecular weight excluding hydrogens is 190 g/mol. The zero-order valence-electron chi connectivity index (χ0n) is 9.72. The maximum absolute atomic E-state index is 11.4. The van der Waals surface area contributed by atoms with Gasteiger partial charge in [-0.3, -0.25) is 4.79 Å². The lowest BCUT2D eigenvalue weighted by molar-refractivity contribution is -0.121. The molecule has 1 amide bonds. The van der Waals surface area contributed by atoms with Crippen LogP contribution in [0.2, 0.25) is 0 Å². The van der Waals surface area contributed by atoms with E-state index in [1.54, 1.807) is 0 Å². The first-order valence-electron chi connectivity index (χ1n) is 6.10. The first kappa shape index (κ1) is 12.5. The third-order valence-electron chi connectivity index (χ3n) is 3.21. The van der Waals surface area contributed by atoms with E-state index in [1.807, 2.05) is 0 Å². The molecule has 1 saturated carbocycles. The molecule has 0 spiro atoms. The number of hydrogen-bond donors (Lipinski definition) is 2. The van der Waals surface area contributed by atoms with Gasteiger partial charge in [0.2, 0.25) is 5.91 Å². The van der Waals surface area contributed by atoms with Crippen LogP contribution in [0.1, 0.15) is 51.9 Å². The van der Waals surface area contributed by atoms with Crippen LogP contribution in [0.25, 0.3) is 0 Å². The van der Waals surface area contributed by atoms with Gasteiger partial charge >= 0.3 is 0 Å². The maximum atomic E-state index is 11.4. The number of aliphatic hydroxyl groups excluding tert-OH is 1. The molecule has 0 radical (unpaired) electrons. The van der Waals surface area contributed by atoms with E-state index < -0.39 is 0 Å². The van der Waals surface area contributed by atoms with Crippen molar-refractivity contribution in [2.24, 2.45) is 5.41 Å². The summed E-state index contributed by atoms with van der Waals surface area (Å²) < 4.78 is 0. The molecule has 0 unspecified atom stereocenters. The van der Waals surface area contributed by atoms with E-state index in [2.05, 4.69) is 12.2 Å². The van der Waals surface area contributed by atoms with Crippen molar-refractivity contribution in [1.82, 2.24) is 5.32 Å². The van der Waals surface area contributed by atoms with Crippen LogP contribution < -0.4 is 5.32 Å². The Morgan fingerprint density at radius 1 is 1.40 bits per heavy atom. The molecule has 0 saturated heterocycles. The second kappa shape index (κ2) is 6.11. The maximum Gasteiger partial charge on any atom is 0.220 e. The second-order valence-corrected chi connectivity index (χ2v) is 4.71. The highest BCUT2D eigenvalue weighted by molar-refractivity contribution is 5.75.